The number of ether oxygens (including phenoxy) is 2. The van der Waals surface area contributed by atoms with Crippen LogP contribution in [0, 0.1) is 0 Å². The Hall–Kier alpha value is -0.930. The lowest BCUT2D eigenvalue weighted by Gasteiger charge is -2.36. The van der Waals surface area contributed by atoms with Gasteiger partial charge in [-0.1, -0.05) is 6.42 Å². The van der Waals surface area contributed by atoms with Crippen molar-refractivity contribution in [3.8, 4) is 0 Å². The van der Waals surface area contributed by atoms with Gasteiger partial charge in [-0.15, -0.1) is 0 Å². The number of aliphatic hydroxyl groups excluding tert-OH is 2. The molecule has 0 aromatic carbocycles. The highest BCUT2D eigenvalue weighted by molar-refractivity contribution is 5.74. The number of amides is 2. The minimum Gasteiger partial charge on any atom is -0.394 e. The summed E-state index contributed by atoms with van der Waals surface area (Å²) in [7, 11) is 0. The first kappa shape index (κ1) is 17.9. The Labute approximate surface area is 142 Å². The highest BCUT2D eigenvalue weighted by atomic mass is 16.5. The summed E-state index contributed by atoms with van der Waals surface area (Å²) in [5.41, 5.74) is 0. The molecule has 0 unspecified atom stereocenters. The van der Waals surface area contributed by atoms with E-state index in [0.717, 1.165) is 25.9 Å². The van der Waals surface area contributed by atoms with Crippen LogP contribution in [0.5, 0.6) is 0 Å². The number of nitrogens with one attached hydrogen (secondary N) is 1. The summed E-state index contributed by atoms with van der Waals surface area (Å²) in [6.07, 6.45) is 1.82. The van der Waals surface area contributed by atoms with Crippen molar-refractivity contribution in [3.63, 3.8) is 0 Å². The molecule has 3 saturated heterocycles. The number of hydrogen-bond donors (Lipinski definition) is 3. The highest BCUT2D eigenvalue weighted by Crippen LogP contribution is 2.28. The largest absolute Gasteiger partial charge is 0.394 e. The lowest BCUT2D eigenvalue weighted by atomic mass is 9.99. The van der Waals surface area contributed by atoms with E-state index in [1.165, 1.54) is 6.42 Å². The molecular formula is C16H29N3O5. The first-order chi connectivity index (χ1) is 11.7. The second-order valence-electron chi connectivity index (χ2n) is 6.76. The topological polar surface area (TPSA) is 94.5 Å². The van der Waals surface area contributed by atoms with E-state index in [1.807, 2.05) is 0 Å². The van der Waals surface area contributed by atoms with Gasteiger partial charge in [-0.05, 0) is 25.9 Å². The zero-order valence-electron chi connectivity index (χ0n) is 14.1. The third-order valence-corrected chi connectivity index (χ3v) is 5.21. The van der Waals surface area contributed by atoms with Gasteiger partial charge in [0.05, 0.1) is 32.0 Å². The summed E-state index contributed by atoms with van der Waals surface area (Å²) in [5.74, 6) is 0. The summed E-state index contributed by atoms with van der Waals surface area (Å²) < 4.78 is 11.1. The second-order valence-corrected chi connectivity index (χ2v) is 6.76. The van der Waals surface area contributed by atoms with Crippen molar-refractivity contribution in [2.45, 2.75) is 43.6 Å². The number of nitrogens with zero attached hydrogens (tertiary/aromatic N) is 2. The van der Waals surface area contributed by atoms with E-state index in [0.29, 0.717) is 32.8 Å². The van der Waals surface area contributed by atoms with Crippen molar-refractivity contribution < 1.29 is 24.5 Å². The Bertz CT molecular complexity index is 413. The van der Waals surface area contributed by atoms with Crippen LogP contribution in [0.15, 0.2) is 0 Å². The molecule has 8 nitrogen and oxygen atoms in total. The van der Waals surface area contributed by atoms with Gasteiger partial charge in [0.15, 0.2) is 0 Å². The van der Waals surface area contributed by atoms with E-state index in [2.05, 4.69) is 10.2 Å². The van der Waals surface area contributed by atoms with Gasteiger partial charge in [-0.3, -0.25) is 4.90 Å². The van der Waals surface area contributed by atoms with E-state index < -0.39 is 12.2 Å². The number of morpholine rings is 1. The van der Waals surface area contributed by atoms with Gasteiger partial charge in [0.25, 0.3) is 0 Å². The minimum absolute atomic E-state index is 0.124. The maximum Gasteiger partial charge on any atom is 0.317 e. The molecule has 4 atom stereocenters. The van der Waals surface area contributed by atoms with Gasteiger partial charge in [0, 0.05) is 19.6 Å². The van der Waals surface area contributed by atoms with Crippen molar-refractivity contribution in [2.75, 3.05) is 52.5 Å². The number of rotatable bonds is 4. The lowest BCUT2D eigenvalue weighted by Crippen LogP contribution is -2.54. The Balaban J connectivity index is 1.57. The van der Waals surface area contributed by atoms with Gasteiger partial charge < -0.3 is 29.9 Å². The Morgan fingerprint density at radius 1 is 1.08 bits per heavy atom. The highest BCUT2D eigenvalue weighted by Gasteiger charge is 2.46. The van der Waals surface area contributed by atoms with Gasteiger partial charge >= 0.3 is 6.03 Å². The lowest BCUT2D eigenvalue weighted by molar-refractivity contribution is -0.0211. The first-order valence-electron chi connectivity index (χ1n) is 8.99. The maximum atomic E-state index is 12.2. The van der Waals surface area contributed by atoms with Crippen LogP contribution in [0.1, 0.15) is 19.3 Å². The number of hydrogen-bond acceptors (Lipinski definition) is 6. The summed E-state index contributed by atoms with van der Waals surface area (Å²) >= 11 is 0. The molecule has 3 N–H and O–H groups in total. The van der Waals surface area contributed by atoms with E-state index >= 15 is 0 Å². The Morgan fingerprint density at radius 2 is 1.79 bits per heavy atom. The van der Waals surface area contributed by atoms with E-state index in [9.17, 15) is 15.0 Å². The van der Waals surface area contributed by atoms with Crippen LogP contribution in [0.3, 0.4) is 0 Å². The molecule has 3 aliphatic rings. The summed E-state index contributed by atoms with van der Waals surface area (Å²) in [6.45, 7) is 4.30. The van der Waals surface area contributed by atoms with E-state index in [4.69, 9.17) is 9.47 Å². The van der Waals surface area contributed by atoms with Crippen molar-refractivity contribution in [2.24, 2.45) is 0 Å². The molecule has 3 fully saturated rings. The van der Waals surface area contributed by atoms with Crippen LogP contribution in [-0.4, -0.2) is 103 Å². The van der Waals surface area contributed by atoms with Gasteiger partial charge in [0.1, 0.15) is 12.2 Å². The van der Waals surface area contributed by atoms with Crippen LogP contribution in [-0.2, 0) is 9.47 Å². The summed E-state index contributed by atoms with van der Waals surface area (Å²) in [6, 6.07) is -0.298. The molecular weight excluding hydrogens is 314 g/mol. The van der Waals surface area contributed by atoms with Crippen LogP contribution < -0.4 is 5.32 Å². The molecule has 0 bridgehead atoms. The van der Waals surface area contributed by atoms with Gasteiger partial charge in [-0.2, -0.15) is 0 Å². The van der Waals surface area contributed by atoms with Crippen molar-refractivity contribution >= 4 is 6.03 Å². The molecule has 0 spiro atoms. The Kier molecular flexibility index (Phi) is 6.29. The van der Waals surface area contributed by atoms with Crippen molar-refractivity contribution in [1.82, 2.24) is 15.1 Å². The standard InChI is InChI=1S/C16H29N3O5/c20-11-13-15(21)14(18-4-2-1-3-5-18)12(24-13)10-17-16(22)19-6-8-23-9-7-19/h12-15,20-21H,1-11H2,(H,17,22)/t12-,13+,14+,15-/m1/s1. The summed E-state index contributed by atoms with van der Waals surface area (Å²) in [5, 5.41) is 22.9. The molecule has 138 valence electrons. The molecule has 3 rings (SSSR count). The van der Waals surface area contributed by atoms with Crippen LogP contribution in [0.25, 0.3) is 0 Å². The monoisotopic (exact) mass is 343 g/mol. The van der Waals surface area contributed by atoms with Crippen LogP contribution in [0.2, 0.25) is 0 Å². The minimum atomic E-state index is -0.724. The second kappa shape index (κ2) is 8.44. The predicted molar refractivity (Wildman–Crippen MR) is 86.8 cm³/mol. The summed E-state index contributed by atoms with van der Waals surface area (Å²) in [4.78, 5) is 16.2. The number of likely N-dealkylation sites (tertiary alicyclic amines) is 1. The van der Waals surface area contributed by atoms with Crippen molar-refractivity contribution in [3.05, 3.63) is 0 Å². The average Bonchev–Trinajstić information content (AvgIpc) is 2.96. The third-order valence-electron chi connectivity index (χ3n) is 5.21. The number of piperidine rings is 1. The van der Waals surface area contributed by atoms with Crippen molar-refractivity contribution in [1.29, 1.82) is 0 Å². The fourth-order valence-corrected chi connectivity index (χ4v) is 3.88. The quantitative estimate of drug-likeness (QED) is 0.606. The van der Waals surface area contributed by atoms with Gasteiger partial charge in [0.2, 0.25) is 0 Å². The average molecular weight is 343 g/mol. The van der Waals surface area contributed by atoms with Crippen LogP contribution >= 0.6 is 0 Å². The fraction of sp³-hybridized carbons (Fsp3) is 0.938. The number of urea groups is 1. The normalized spacial score (nSPS) is 35.2. The number of carbonyl (C=O) groups excluding carboxylic acids is 1. The fourth-order valence-electron chi connectivity index (χ4n) is 3.88. The molecule has 2 amide bonds. The first-order valence-corrected chi connectivity index (χ1v) is 8.99. The SMILES string of the molecule is O=C(NC[C@H]1O[C@@H](CO)[C@@H](O)[C@H]1N1CCCCC1)N1CCOCC1. The number of carbonyl (C=O) groups is 1. The molecule has 0 aromatic heterocycles. The molecule has 24 heavy (non-hydrogen) atoms. The van der Waals surface area contributed by atoms with Crippen LogP contribution in [0.4, 0.5) is 4.79 Å². The molecule has 8 heteroatoms. The molecule has 0 aliphatic carbocycles. The smallest absolute Gasteiger partial charge is 0.317 e. The molecule has 0 radical (unpaired) electrons. The van der Waals surface area contributed by atoms with Gasteiger partial charge in [-0.25, -0.2) is 4.79 Å². The maximum absolute atomic E-state index is 12.2. The molecule has 0 aromatic rings. The molecule has 3 aliphatic heterocycles. The molecule has 0 saturated carbocycles. The van der Waals surface area contributed by atoms with E-state index in [-0.39, 0.29) is 24.8 Å². The predicted octanol–water partition coefficient (Wildman–Crippen LogP) is -0.997. The third kappa shape index (κ3) is 4.00. The number of aliphatic hydroxyl groups is 2. The zero-order chi connectivity index (χ0) is 16.9. The molecule has 3 heterocycles. The van der Waals surface area contributed by atoms with E-state index in [1.54, 1.807) is 4.90 Å². The zero-order valence-corrected chi connectivity index (χ0v) is 14.1. The Morgan fingerprint density at radius 3 is 2.46 bits per heavy atom.